The molecule has 0 saturated carbocycles. The van der Waals surface area contributed by atoms with Crippen molar-refractivity contribution in [1.29, 1.82) is 0 Å². The topological polar surface area (TPSA) is 80.1 Å². The summed E-state index contributed by atoms with van der Waals surface area (Å²) in [5.41, 5.74) is 6.57. The number of ether oxygens (including phenoxy) is 1. The number of aryl methyl sites for hydroxylation is 1. The highest BCUT2D eigenvalue weighted by molar-refractivity contribution is 5.86. The number of hydrogen-bond acceptors (Lipinski definition) is 5. The maximum atomic E-state index is 13.4. The molecule has 3 atom stereocenters. The van der Waals surface area contributed by atoms with Gasteiger partial charge < -0.3 is 15.5 Å². The average molecular weight is 481 g/mol. The van der Waals surface area contributed by atoms with E-state index in [9.17, 15) is 22.0 Å². The molecule has 34 heavy (non-hydrogen) atoms. The minimum atomic E-state index is -4.42. The number of aromatic nitrogens is 3. The van der Waals surface area contributed by atoms with Gasteiger partial charge in [0.1, 0.15) is 23.5 Å². The fraction of sp³-hybridized carbons (Fsp3) is 0.478. The highest BCUT2D eigenvalue weighted by Crippen LogP contribution is 2.35. The summed E-state index contributed by atoms with van der Waals surface area (Å²) in [6, 6.07) is 4.16. The van der Waals surface area contributed by atoms with E-state index in [0.717, 1.165) is 69.1 Å². The van der Waals surface area contributed by atoms with Gasteiger partial charge in [0, 0.05) is 31.0 Å². The van der Waals surface area contributed by atoms with Crippen LogP contribution in [0.5, 0.6) is 0 Å². The van der Waals surface area contributed by atoms with Crippen LogP contribution >= 0.6 is 0 Å². The molecule has 4 heterocycles. The van der Waals surface area contributed by atoms with E-state index in [4.69, 9.17) is 10.5 Å². The number of H-pyrrole nitrogens is 1. The predicted octanol–water partition coefficient (Wildman–Crippen LogP) is 3.96. The van der Waals surface area contributed by atoms with E-state index in [-0.39, 0.29) is 16.9 Å². The zero-order chi connectivity index (χ0) is 24.0. The van der Waals surface area contributed by atoms with Crippen molar-refractivity contribution in [2.24, 2.45) is 11.8 Å². The summed E-state index contributed by atoms with van der Waals surface area (Å²) in [6.07, 6.45) is -0.549. The SMILES string of the molecule is Fc1cc2c(cc1F)CC(N1CC3COCC3C1)CC2.Nc1ncnc2[nH]c(C(F)(F)F)cc12. The minimum Gasteiger partial charge on any atom is -0.383 e. The molecule has 1 aromatic carbocycles. The number of hydrogen-bond donors (Lipinski definition) is 2. The Morgan fingerprint density at radius 1 is 1.00 bits per heavy atom. The number of nitrogens with one attached hydrogen (secondary N) is 1. The van der Waals surface area contributed by atoms with Crippen molar-refractivity contribution in [3.05, 3.63) is 53.0 Å². The second-order valence-electron chi connectivity index (χ2n) is 9.15. The van der Waals surface area contributed by atoms with Crippen LogP contribution in [0.2, 0.25) is 0 Å². The summed E-state index contributed by atoms with van der Waals surface area (Å²) in [6.45, 7) is 4.00. The van der Waals surface area contributed by atoms with E-state index >= 15 is 0 Å². The van der Waals surface area contributed by atoms with Crippen molar-refractivity contribution in [3.63, 3.8) is 0 Å². The number of nitrogens with two attached hydrogens (primary N) is 1. The molecule has 11 heteroatoms. The Hall–Kier alpha value is -2.79. The van der Waals surface area contributed by atoms with Crippen LogP contribution in [0.4, 0.5) is 27.8 Å². The van der Waals surface area contributed by atoms with Gasteiger partial charge in [-0.2, -0.15) is 13.2 Å². The van der Waals surface area contributed by atoms with Gasteiger partial charge in [-0.25, -0.2) is 18.7 Å². The maximum absolute atomic E-state index is 13.4. The first kappa shape index (κ1) is 23.0. The first-order chi connectivity index (χ1) is 16.2. The van der Waals surface area contributed by atoms with Crippen LogP contribution in [-0.2, 0) is 23.8 Å². The number of alkyl halides is 3. The molecule has 0 radical (unpaired) electrons. The summed E-state index contributed by atoms with van der Waals surface area (Å²) in [5, 5.41) is 0.180. The molecule has 6 nitrogen and oxygen atoms in total. The predicted molar refractivity (Wildman–Crippen MR) is 115 cm³/mol. The highest BCUT2D eigenvalue weighted by atomic mass is 19.4. The van der Waals surface area contributed by atoms with Crippen LogP contribution < -0.4 is 5.73 Å². The molecule has 3 aromatic rings. The molecule has 0 bridgehead atoms. The highest BCUT2D eigenvalue weighted by Gasteiger charge is 2.40. The number of aromatic amines is 1. The van der Waals surface area contributed by atoms with Gasteiger partial charge in [0.2, 0.25) is 0 Å². The van der Waals surface area contributed by atoms with Gasteiger partial charge in [-0.05, 0) is 48.6 Å². The van der Waals surface area contributed by atoms with Crippen LogP contribution in [0, 0.1) is 23.5 Å². The number of nitrogen functional groups attached to an aromatic ring is 1. The van der Waals surface area contributed by atoms with Gasteiger partial charge >= 0.3 is 6.18 Å². The minimum absolute atomic E-state index is 0.0294. The fourth-order valence-corrected chi connectivity index (χ4v) is 5.18. The fourth-order valence-electron chi connectivity index (χ4n) is 5.18. The summed E-state index contributed by atoms with van der Waals surface area (Å²) < 4.78 is 68.9. The molecule has 2 aliphatic heterocycles. The number of fused-ring (bicyclic) bond motifs is 3. The van der Waals surface area contributed by atoms with Crippen molar-refractivity contribution in [2.75, 3.05) is 32.0 Å². The van der Waals surface area contributed by atoms with Crippen LogP contribution in [0.3, 0.4) is 0 Å². The molecule has 2 aromatic heterocycles. The second kappa shape index (κ2) is 8.77. The first-order valence-electron chi connectivity index (χ1n) is 11.1. The molecule has 182 valence electrons. The summed E-state index contributed by atoms with van der Waals surface area (Å²) >= 11 is 0. The smallest absolute Gasteiger partial charge is 0.383 e. The van der Waals surface area contributed by atoms with Crippen LogP contribution in [0.25, 0.3) is 11.0 Å². The standard InChI is InChI=1S/C16H19F2NO.C7H5F3N4/c17-15-4-10-1-2-14(3-11(10)5-16(15)18)19-6-12-8-20-9-13(12)7-19;8-7(9,10)4-1-3-5(11)12-2-13-6(3)14-4/h4-5,12-14H,1-3,6-9H2;1-2H,(H3,11,12,13,14). The molecular weight excluding hydrogens is 457 g/mol. The first-order valence-corrected chi connectivity index (χ1v) is 11.1. The molecular formula is C23H24F5N5O. The van der Waals surface area contributed by atoms with Gasteiger partial charge in [0.25, 0.3) is 0 Å². The Morgan fingerprint density at radius 3 is 2.32 bits per heavy atom. The Balaban J connectivity index is 0.000000152. The van der Waals surface area contributed by atoms with Gasteiger partial charge in [-0.1, -0.05) is 0 Å². The lowest BCUT2D eigenvalue weighted by atomic mass is 9.87. The Kier molecular flexibility index (Phi) is 5.93. The van der Waals surface area contributed by atoms with Gasteiger partial charge in [-0.15, -0.1) is 0 Å². The average Bonchev–Trinajstić information content (AvgIpc) is 3.49. The van der Waals surface area contributed by atoms with E-state index in [1.165, 1.54) is 12.1 Å². The maximum Gasteiger partial charge on any atom is 0.431 e. The summed E-state index contributed by atoms with van der Waals surface area (Å²) in [5.74, 6) is -0.0319. The molecule has 3 aliphatic rings. The Morgan fingerprint density at radius 2 is 1.68 bits per heavy atom. The monoisotopic (exact) mass is 481 g/mol. The number of benzene rings is 1. The lowest BCUT2D eigenvalue weighted by Crippen LogP contribution is -2.38. The number of halogens is 5. The second-order valence-corrected chi connectivity index (χ2v) is 9.15. The number of rotatable bonds is 1. The molecule has 1 aliphatic carbocycles. The van der Waals surface area contributed by atoms with Crippen molar-refractivity contribution in [1.82, 2.24) is 19.9 Å². The lowest BCUT2D eigenvalue weighted by Gasteiger charge is -2.33. The molecule has 0 amide bonds. The van der Waals surface area contributed by atoms with E-state index in [1.807, 2.05) is 0 Å². The third-order valence-corrected chi connectivity index (χ3v) is 6.99. The Labute approximate surface area is 192 Å². The molecule has 2 fully saturated rings. The largest absolute Gasteiger partial charge is 0.431 e. The van der Waals surface area contributed by atoms with Crippen molar-refractivity contribution in [3.8, 4) is 0 Å². The quantitative estimate of drug-likeness (QED) is 0.515. The third kappa shape index (κ3) is 4.46. The summed E-state index contributed by atoms with van der Waals surface area (Å²) in [7, 11) is 0. The van der Waals surface area contributed by atoms with Crippen LogP contribution in [-0.4, -0.2) is 52.2 Å². The molecule has 3 N–H and O–H groups in total. The Bertz CT molecular complexity index is 1180. The molecule has 2 saturated heterocycles. The van der Waals surface area contributed by atoms with Crippen LogP contribution in [0.15, 0.2) is 24.5 Å². The van der Waals surface area contributed by atoms with Crippen molar-refractivity contribution < 1.29 is 26.7 Å². The van der Waals surface area contributed by atoms with Crippen LogP contribution in [0.1, 0.15) is 23.2 Å². The van der Waals surface area contributed by atoms with E-state index < -0.39 is 23.5 Å². The van der Waals surface area contributed by atoms with Gasteiger partial charge in [-0.3, -0.25) is 4.90 Å². The molecule has 0 spiro atoms. The molecule has 3 unspecified atom stereocenters. The van der Waals surface area contributed by atoms with E-state index in [1.54, 1.807) is 0 Å². The van der Waals surface area contributed by atoms with Gasteiger partial charge in [0.15, 0.2) is 11.6 Å². The van der Waals surface area contributed by atoms with Gasteiger partial charge in [0.05, 0.1) is 18.6 Å². The number of likely N-dealkylation sites (tertiary alicyclic amines) is 1. The summed E-state index contributed by atoms with van der Waals surface area (Å²) in [4.78, 5) is 11.9. The zero-order valence-electron chi connectivity index (χ0n) is 18.2. The number of nitrogens with zero attached hydrogens (tertiary/aromatic N) is 3. The zero-order valence-corrected chi connectivity index (χ0v) is 18.2. The number of anilines is 1. The third-order valence-electron chi connectivity index (χ3n) is 6.99. The van der Waals surface area contributed by atoms with E-state index in [2.05, 4.69) is 19.9 Å². The molecule has 6 rings (SSSR count). The van der Waals surface area contributed by atoms with Crippen molar-refractivity contribution >= 4 is 16.9 Å². The lowest BCUT2D eigenvalue weighted by molar-refractivity contribution is -0.140. The van der Waals surface area contributed by atoms with Crippen molar-refractivity contribution in [2.45, 2.75) is 31.5 Å². The van der Waals surface area contributed by atoms with E-state index in [0.29, 0.717) is 17.9 Å². The normalized spacial score (nSPS) is 24.6.